The zero-order chi connectivity index (χ0) is 10.4. The van der Waals surface area contributed by atoms with Crippen LogP contribution >= 0.6 is 0 Å². The smallest absolute Gasteiger partial charge is 0.147 e. The monoisotopic (exact) mass is 201 g/mol. The van der Waals surface area contributed by atoms with Crippen molar-refractivity contribution in [3.8, 4) is 0 Å². The van der Waals surface area contributed by atoms with E-state index in [-0.39, 0.29) is 5.82 Å². The van der Waals surface area contributed by atoms with E-state index in [1.165, 1.54) is 6.07 Å². The summed E-state index contributed by atoms with van der Waals surface area (Å²) in [7, 11) is 0. The van der Waals surface area contributed by atoms with Crippen molar-refractivity contribution in [1.82, 2.24) is 9.97 Å². The van der Waals surface area contributed by atoms with Crippen LogP contribution in [0.1, 0.15) is 0 Å². The van der Waals surface area contributed by atoms with Gasteiger partial charge in [0.05, 0.1) is 11.0 Å². The first kappa shape index (κ1) is 8.23. The van der Waals surface area contributed by atoms with E-state index in [2.05, 4.69) is 9.97 Å². The van der Waals surface area contributed by atoms with Crippen molar-refractivity contribution in [2.24, 2.45) is 0 Å². The van der Waals surface area contributed by atoms with E-state index in [9.17, 15) is 4.39 Å². The molecule has 3 N–H and O–H groups in total. The SMILES string of the molecule is Nc1nccc2c1[nH]c1c(F)cccc12. The van der Waals surface area contributed by atoms with Gasteiger partial charge in [-0.15, -0.1) is 0 Å². The van der Waals surface area contributed by atoms with Gasteiger partial charge in [-0.1, -0.05) is 12.1 Å². The zero-order valence-electron chi connectivity index (χ0n) is 7.79. The first-order valence-corrected chi connectivity index (χ1v) is 4.58. The number of nitrogens with two attached hydrogens (primary N) is 1. The number of H-pyrrole nitrogens is 1. The molecule has 2 heterocycles. The van der Waals surface area contributed by atoms with Crippen LogP contribution in [0.2, 0.25) is 0 Å². The lowest BCUT2D eigenvalue weighted by Gasteiger charge is -1.92. The van der Waals surface area contributed by atoms with Gasteiger partial charge in [0.15, 0.2) is 0 Å². The number of aromatic amines is 1. The second-order valence-electron chi connectivity index (χ2n) is 3.41. The number of hydrogen-bond donors (Lipinski definition) is 2. The average Bonchev–Trinajstić information content (AvgIpc) is 2.60. The van der Waals surface area contributed by atoms with E-state index in [0.717, 1.165) is 10.8 Å². The standard InChI is InChI=1S/C11H8FN3/c12-8-3-1-2-6-7-4-5-14-11(13)10(7)15-9(6)8/h1-5,15H,(H2,13,14). The Bertz CT molecular complexity index is 601. The average molecular weight is 201 g/mol. The maximum absolute atomic E-state index is 13.5. The molecule has 3 aromatic rings. The summed E-state index contributed by atoms with van der Waals surface area (Å²) < 4.78 is 13.5. The van der Waals surface area contributed by atoms with Crippen LogP contribution < -0.4 is 5.73 Å². The number of rotatable bonds is 0. The Hall–Kier alpha value is -2.10. The van der Waals surface area contributed by atoms with E-state index >= 15 is 0 Å². The van der Waals surface area contributed by atoms with Crippen molar-refractivity contribution in [2.45, 2.75) is 0 Å². The molecule has 0 saturated heterocycles. The number of fused-ring (bicyclic) bond motifs is 3. The lowest BCUT2D eigenvalue weighted by Crippen LogP contribution is -1.89. The highest BCUT2D eigenvalue weighted by Crippen LogP contribution is 2.28. The number of halogens is 1. The normalized spacial score (nSPS) is 11.3. The van der Waals surface area contributed by atoms with Crippen LogP contribution in [0.4, 0.5) is 10.2 Å². The number of hydrogen-bond acceptors (Lipinski definition) is 2. The van der Waals surface area contributed by atoms with Crippen molar-refractivity contribution in [3.63, 3.8) is 0 Å². The van der Waals surface area contributed by atoms with E-state index in [4.69, 9.17) is 5.73 Å². The molecule has 0 saturated carbocycles. The maximum Gasteiger partial charge on any atom is 0.147 e. The molecule has 0 atom stereocenters. The van der Waals surface area contributed by atoms with Crippen LogP contribution in [0, 0.1) is 5.82 Å². The van der Waals surface area contributed by atoms with Crippen molar-refractivity contribution in [3.05, 3.63) is 36.3 Å². The maximum atomic E-state index is 13.5. The molecule has 0 unspecified atom stereocenters. The predicted molar refractivity (Wildman–Crippen MR) is 58.0 cm³/mol. The second kappa shape index (κ2) is 2.70. The highest BCUT2D eigenvalue weighted by Gasteiger charge is 2.09. The van der Waals surface area contributed by atoms with Crippen LogP contribution in [0.3, 0.4) is 0 Å². The Morgan fingerprint density at radius 2 is 1.93 bits per heavy atom. The number of nitrogens with one attached hydrogen (secondary N) is 1. The molecule has 15 heavy (non-hydrogen) atoms. The van der Waals surface area contributed by atoms with Gasteiger partial charge in [0.1, 0.15) is 11.6 Å². The number of nitrogens with zero attached hydrogens (tertiary/aromatic N) is 1. The molecule has 74 valence electrons. The molecule has 0 radical (unpaired) electrons. The van der Waals surface area contributed by atoms with Crippen molar-refractivity contribution in [2.75, 3.05) is 5.73 Å². The van der Waals surface area contributed by atoms with Crippen LogP contribution in [-0.2, 0) is 0 Å². The highest BCUT2D eigenvalue weighted by molar-refractivity contribution is 6.10. The summed E-state index contributed by atoms with van der Waals surface area (Å²) in [5, 5.41) is 1.73. The number of nitrogen functional groups attached to an aromatic ring is 1. The fraction of sp³-hybridized carbons (Fsp3) is 0. The number of anilines is 1. The summed E-state index contributed by atoms with van der Waals surface area (Å²) in [6.45, 7) is 0. The summed E-state index contributed by atoms with van der Waals surface area (Å²) in [4.78, 5) is 6.91. The van der Waals surface area contributed by atoms with E-state index in [1.54, 1.807) is 12.3 Å². The Kier molecular flexibility index (Phi) is 1.48. The molecule has 3 rings (SSSR count). The molecule has 0 spiro atoms. The number of benzene rings is 1. The van der Waals surface area contributed by atoms with Gasteiger partial charge in [-0.05, 0) is 12.1 Å². The fourth-order valence-corrected chi connectivity index (χ4v) is 1.83. The Morgan fingerprint density at radius 1 is 1.13 bits per heavy atom. The van der Waals surface area contributed by atoms with Crippen molar-refractivity contribution in [1.29, 1.82) is 0 Å². The largest absolute Gasteiger partial charge is 0.382 e. The molecule has 0 amide bonds. The number of pyridine rings is 1. The van der Waals surface area contributed by atoms with Crippen LogP contribution in [-0.4, -0.2) is 9.97 Å². The summed E-state index contributed by atoms with van der Waals surface area (Å²) >= 11 is 0. The number of aromatic nitrogens is 2. The van der Waals surface area contributed by atoms with Crippen molar-refractivity contribution < 1.29 is 4.39 Å². The van der Waals surface area contributed by atoms with E-state index in [1.807, 2.05) is 12.1 Å². The topological polar surface area (TPSA) is 54.7 Å². The molecule has 0 aliphatic rings. The van der Waals surface area contributed by atoms with Gasteiger partial charge in [-0.2, -0.15) is 0 Å². The van der Waals surface area contributed by atoms with E-state index in [0.29, 0.717) is 16.9 Å². The predicted octanol–water partition coefficient (Wildman–Crippen LogP) is 2.44. The van der Waals surface area contributed by atoms with Gasteiger partial charge in [0, 0.05) is 17.0 Å². The minimum absolute atomic E-state index is 0.275. The fourth-order valence-electron chi connectivity index (χ4n) is 1.83. The molecular weight excluding hydrogens is 193 g/mol. The van der Waals surface area contributed by atoms with E-state index < -0.39 is 0 Å². The minimum Gasteiger partial charge on any atom is -0.382 e. The molecule has 0 bridgehead atoms. The summed E-state index contributed by atoms with van der Waals surface area (Å²) in [5.41, 5.74) is 6.88. The van der Waals surface area contributed by atoms with Crippen molar-refractivity contribution >= 4 is 27.6 Å². The highest BCUT2D eigenvalue weighted by atomic mass is 19.1. The third-order valence-corrected chi connectivity index (χ3v) is 2.53. The molecule has 4 heteroatoms. The molecular formula is C11H8FN3. The zero-order valence-corrected chi connectivity index (χ0v) is 7.79. The molecule has 0 aliphatic carbocycles. The van der Waals surface area contributed by atoms with Gasteiger partial charge in [0.2, 0.25) is 0 Å². The molecule has 1 aromatic carbocycles. The lowest BCUT2D eigenvalue weighted by atomic mass is 10.2. The lowest BCUT2D eigenvalue weighted by molar-refractivity contribution is 0.637. The van der Waals surface area contributed by atoms with Crippen LogP contribution in [0.25, 0.3) is 21.8 Å². The van der Waals surface area contributed by atoms with Gasteiger partial charge < -0.3 is 10.7 Å². The van der Waals surface area contributed by atoms with Crippen LogP contribution in [0.5, 0.6) is 0 Å². The first-order valence-electron chi connectivity index (χ1n) is 4.58. The van der Waals surface area contributed by atoms with Crippen LogP contribution in [0.15, 0.2) is 30.5 Å². The molecule has 2 aromatic heterocycles. The number of para-hydroxylation sites is 1. The van der Waals surface area contributed by atoms with Gasteiger partial charge in [-0.25, -0.2) is 9.37 Å². The van der Waals surface area contributed by atoms with Gasteiger partial charge in [0.25, 0.3) is 0 Å². The first-order chi connectivity index (χ1) is 7.27. The molecule has 0 fully saturated rings. The summed E-state index contributed by atoms with van der Waals surface area (Å²) in [6, 6.07) is 6.78. The summed E-state index contributed by atoms with van der Waals surface area (Å²) in [6.07, 6.45) is 1.62. The summed E-state index contributed by atoms with van der Waals surface area (Å²) in [5.74, 6) is 0.117. The van der Waals surface area contributed by atoms with Gasteiger partial charge >= 0.3 is 0 Å². The minimum atomic E-state index is -0.275. The Labute approximate surface area is 84.7 Å². The Balaban J connectivity index is 2.63. The third kappa shape index (κ3) is 1.01. The quantitative estimate of drug-likeness (QED) is 0.587. The third-order valence-electron chi connectivity index (χ3n) is 2.53. The van der Waals surface area contributed by atoms with Gasteiger partial charge in [-0.3, -0.25) is 0 Å². The Morgan fingerprint density at radius 3 is 2.80 bits per heavy atom. The molecule has 0 aliphatic heterocycles. The second-order valence-corrected chi connectivity index (χ2v) is 3.41. The molecule has 3 nitrogen and oxygen atoms in total.